The van der Waals surface area contributed by atoms with Gasteiger partial charge >= 0.3 is 0 Å². The molecule has 1 aromatic heterocycles. The fraction of sp³-hybridized carbons (Fsp3) is 0.737. The first-order valence-corrected chi connectivity index (χ1v) is 9.03. The number of nitrogens with zero attached hydrogens (tertiary/aromatic N) is 3. The lowest BCUT2D eigenvalue weighted by atomic mass is 10.0. The summed E-state index contributed by atoms with van der Waals surface area (Å²) in [5.41, 5.74) is 1.43. The minimum Gasteiger partial charge on any atom is -0.351 e. The molecule has 0 spiro atoms. The molecule has 1 atom stereocenters. The molecule has 1 unspecified atom stereocenters. The Morgan fingerprint density at radius 3 is 2.64 bits per heavy atom. The van der Waals surface area contributed by atoms with Crippen LogP contribution in [0.15, 0.2) is 18.3 Å². The molecule has 3 nitrogen and oxygen atoms in total. The predicted octanol–water partition coefficient (Wildman–Crippen LogP) is 4.64. The molecular weight excluding hydrogens is 270 g/mol. The van der Waals surface area contributed by atoms with Crippen molar-refractivity contribution in [3.8, 4) is 0 Å². The highest BCUT2D eigenvalue weighted by Gasteiger charge is 2.30. The zero-order chi connectivity index (χ0) is 16.1. The molecule has 2 rings (SSSR count). The Kier molecular flexibility index (Phi) is 6.25. The third-order valence-corrected chi connectivity index (χ3v) is 4.70. The number of hydrogen-bond acceptors (Lipinski definition) is 3. The van der Waals surface area contributed by atoms with Gasteiger partial charge in [0, 0.05) is 29.9 Å². The first-order chi connectivity index (χ1) is 10.6. The zero-order valence-corrected chi connectivity index (χ0v) is 15.0. The van der Waals surface area contributed by atoms with E-state index < -0.39 is 0 Å². The lowest BCUT2D eigenvalue weighted by Crippen LogP contribution is -2.39. The summed E-state index contributed by atoms with van der Waals surface area (Å²) in [6.45, 7) is 13.8. The van der Waals surface area contributed by atoms with Crippen molar-refractivity contribution >= 4 is 5.82 Å². The van der Waals surface area contributed by atoms with Crippen LogP contribution in [0.5, 0.6) is 0 Å². The van der Waals surface area contributed by atoms with Crippen LogP contribution in [0.25, 0.3) is 0 Å². The average Bonchev–Trinajstić information content (AvgIpc) is 2.93. The topological polar surface area (TPSA) is 19.4 Å². The van der Waals surface area contributed by atoms with Crippen LogP contribution in [0.3, 0.4) is 0 Å². The summed E-state index contributed by atoms with van der Waals surface area (Å²) in [6.07, 6.45) is 7.10. The van der Waals surface area contributed by atoms with Gasteiger partial charge in [0.25, 0.3) is 0 Å². The molecule has 0 aromatic carbocycles. The van der Waals surface area contributed by atoms with E-state index in [1.807, 2.05) is 6.20 Å². The Bertz CT molecular complexity index is 448. The first kappa shape index (κ1) is 17.3. The predicted molar refractivity (Wildman–Crippen MR) is 95.4 cm³/mol. The molecule has 0 amide bonds. The fourth-order valence-corrected chi connectivity index (χ4v) is 3.78. The maximum absolute atomic E-state index is 4.78. The smallest absolute Gasteiger partial charge is 0.133 e. The van der Waals surface area contributed by atoms with Crippen LogP contribution < -0.4 is 4.90 Å². The molecule has 0 saturated carbocycles. The molecule has 0 bridgehead atoms. The molecular formula is C19H33N3. The normalized spacial score (nSPS) is 19.3. The summed E-state index contributed by atoms with van der Waals surface area (Å²) in [4.78, 5) is 9.91. The van der Waals surface area contributed by atoms with Gasteiger partial charge in [0.1, 0.15) is 5.82 Å². The van der Waals surface area contributed by atoms with E-state index in [9.17, 15) is 0 Å². The van der Waals surface area contributed by atoms with Gasteiger partial charge < -0.3 is 4.90 Å². The number of likely N-dealkylation sites (tertiary alicyclic amines) is 1. The van der Waals surface area contributed by atoms with E-state index >= 15 is 0 Å². The van der Waals surface area contributed by atoms with Gasteiger partial charge in [0.2, 0.25) is 0 Å². The van der Waals surface area contributed by atoms with Gasteiger partial charge in [-0.05, 0) is 66.1 Å². The van der Waals surface area contributed by atoms with Crippen LogP contribution in [0.4, 0.5) is 5.82 Å². The van der Waals surface area contributed by atoms with Crippen LogP contribution in [0.1, 0.15) is 71.9 Å². The molecule has 1 aliphatic heterocycles. The minimum atomic E-state index is 0.471. The molecule has 3 heteroatoms. The van der Waals surface area contributed by atoms with Gasteiger partial charge in [-0.25, -0.2) is 4.98 Å². The number of aromatic nitrogens is 1. The summed E-state index contributed by atoms with van der Waals surface area (Å²) >= 11 is 0. The van der Waals surface area contributed by atoms with E-state index in [0.29, 0.717) is 18.1 Å². The van der Waals surface area contributed by atoms with Crippen LogP contribution >= 0.6 is 0 Å². The second-order valence-corrected chi connectivity index (χ2v) is 7.06. The SMILES string of the molecule is CCCCN1CCCC1c1cccnc1N(C(C)C)C(C)C. The number of anilines is 1. The van der Waals surface area contributed by atoms with Crippen molar-refractivity contribution in [2.24, 2.45) is 0 Å². The third kappa shape index (κ3) is 3.81. The van der Waals surface area contributed by atoms with Crippen molar-refractivity contribution < 1.29 is 0 Å². The molecule has 1 aliphatic rings. The highest BCUT2D eigenvalue weighted by molar-refractivity contribution is 5.50. The van der Waals surface area contributed by atoms with E-state index in [4.69, 9.17) is 4.98 Å². The van der Waals surface area contributed by atoms with Crippen LogP contribution in [-0.4, -0.2) is 35.1 Å². The Balaban J connectivity index is 2.31. The second-order valence-electron chi connectivity index (χ2n) is 7.06. The number of hydrogen-bond donors (Lipinski definition) is 0. The molecule has 124 valence electrons. The number of unbranched alkanes of at least 4 members (excludes halogenated alkanes) is 1. The van der Waals surface area contributed by atoms with Crippen molar-refractivity contribution in [1.82, 2.24) is 9.88 Å². The average molecular weight is 303 g/mol. The molecule has 0 N–H and O–H groups in total. The summed E-state index contributed by atoms with van der Waals surface area (Å²) in [7, 11) is 0. The van der Waals surface area contributed by atoms with Crippen molar-refractivity contribution in [2.45, 2.75) is 78.4 Å². The molecule has 0 radical (unpaired) electrons. The maximum Gasteiger partial charge on any atom is 0.133 e. The van der Waals surface area contributed by atoms with Crippen LogP contribution in [0.2, 0.25) is 0 Å². The molecule has 1 aromatic rings. The van der Waals surface area contributed by atoms with Crippen molar-refractivity contribution in [2.75, 3.05) is 18.0 Å². The third-order valence-electron chi connectivity index (χ3n) is 4.70. The zero-order valence-electron chi connectivity index (χ0n) is 15.0. The van der Waals surface area contributed by atoms with Crippen molar-refractivity contribution in [1.29, 1.82) is 0 Å². The minimum absolute atomic E-state index is 0.471. The lowest BCUT2D eigenvalue weighted by Gasteiger charge is -2.35. The van der Waals surface area contributed by atoms with E-state index in [1.165, 1.54) is 50.2 Å². The van der Waals surface area contributed by atoms with Gasteiger partial charge in [0.05, 0.1) is 0 Å². The molecule has 1 saturated heterocycles. The standard InChI is InChI=1S/C19H33N3/c1-6-7-13-21-14-9-11-18(21)17-10-8-12-20-19(17)22(15(2)3)16(4)5/h8,10,12,15-16,18H,6-7,9,11,13-14H2,1-5H3. The largest absolute Gasteiger partial charge is 0.351 e. The van der Waals surface area contributed by atoms with E-state index in [1.54, 1.807) is 0 Å². The maximum atomic E-state index is 4.78. The van der Waals surface area contributed by atoms with Gasteiger partial charge in [-0.15, -0.1) is 0 Å². The van der Waals surface area contributed by atoms with E-state index in [0.717, 1.165) is 0 Å². The Morgan fingerprint density at radius 2 is 2.00 bits per heavy atom. The van der Waals surface area contributed by atoms with Gasteiger partial charge in [-0.3, -0.25) is 4.90 Å². The van der Waals surface area contributed by atoms with Crippen LogP contribution in [-0.2, 0) is 0 Å². The summed E-state index contributed by atoms with van der Waals surface area (Å²) in [6, 6.07) is 5.90. The number of rotatable bonds is 7. The van der Waals surface area contributed by atoms with Gasteiger partial charge in [0.15, 0.2) is 0 Å². The Hall–Kier alpha value is -1.09. The number of pyridine rings is 1. The summed E-state index contributed by atoms with van der Waals surface area (Å²) < 4.78 is 0. The Labute approximate surface area is 136 Å². The molecule has 2 heterocycles. The van der Waals surface area contributed by atoms with Gasteiger partial charge in [-0.1, -0.05) is 19.4 Å². The Morgan fingerprint density at radius 1 is 1.27 bits per heavy atom. The van der Waals surface area contributed by atoms with E-state index in [-0.39, 0.29) is 0 Å². The highest BCUT2D eigenvalue weighted by Crippen LogP contribution is 2.37. The van der Waals surface area contributed by atoms with Crippen molar-refractivity contribution in [3.05, 3.63) is 23.9 Å². The second kappa shape index (κ2) is 7.96. The summed E-state index contributed by atoms with van der Waals surface area (Å²) in [5, 5.41) is 0. The highest BCUT2D eigenvalue weighted by atomic mass is 15.2. The quantitative estimate of drug-likeness (QED) is 0.731. The van der Waals surface area contributed by atoms with Crippen molar-refractivity contribution in [3.63, 3.8) is 0 Å². The molecule has 22 heavy (non-hydrogen) atoms. The fourth-order valence-electron chi connectivity index (χ4n) is 3.78. The first-order valence-electron chi connectivity index (χ1n) is 9.03. The lowest BCUT2D eigenvalue weighted by molar-refractivity contribution is 0.253. The van der Waals surface area contributed by atoms with Crippen LogP contribution in [0, 0.1) is 0 Å². The molecule has 1 fully saturated rings. The molecule has 0 aliphatic carbocycles. The summed E-state index contributed by atoms with van der Waals surface area (Å²) in [5.74, 6) is 1.20. The van der Waals surface area contributed by atoms with Gasteiger partial charge in [-0.2, -0.15) is 0 Å². The monoisotopic (exact) mass is 303 g/mol. The van der Waals surface area contributed by atoms with E-state index in [2.05, 4.69) is 56.6 Å².